The molecule has 0 aromatic carbocycles. The van der Waals surface area contributed by atoms with Gasteiger partial charge in [0.05, 0.1) is 0 Å². The van der Waals surface area contributed by atoms with Gasteiger partial charge in [-0.1, -0.05) is 100 Å². The molecule has 0 aromatic rings. The summed E-state index contributed by atoms with van der Waals surface area (Å²) >= 11 is 0. The fourth-order valence-corrected chi connectivity index (χ4v) is 8.12. The van der Waals surface area contributed by atoms with E-state index in [9.17, 15) is 0 Å². The maximum Gasteiger partial charge on any atom is -0.0152 e. The fourth-order valence-electron chi connectivity index (χ4n) is 8.12. The summed E-state index contributed by atoms with van der Waals surface area (Å²) in [6, 6.07) is 0. The molecule has 3 rings (SSSR count). The summed E-state index contributed by atoms with van der Waals surface area (Å²) < 4.78 is 0. The molecule has 0 spiro atoms. The van der Waals surface area contributed by atoms with E-state index in [1.807, 2.05) is 13.8 Å². The molecule has 0 N–H and O–H groups in total. The summed E-state index contributed by atoms with van der Waals surface area (Å²) in [6.07, 6.45) is 19.7. The second-order valence-electron chi connectivity index (χ2n) is 12.7. The average Bonchev–Trinajstić information content (AvgIpc) is 2.80. The first-order valence-electron chi connectivity index (χ1n) is 14.7. The monoisotopic (exact) mass is 446 g/mol. The van der Waals surface area contributed by atoms with Crippen molar-refractivity contribution in [1.82, 2.24) is 0 Å². The lowest BCUT2D eigenvalue weighted by molar-refractivity contribution is -0.0990. The zero-order valence-corrected chi connectivity index (χ0v) is 24.4. The Kier molecular flexibility index (Phi) is 12.1. The Morgan fingerprint density at radius 1 is 0.844 bits per heavy atom. The summed E-state index contributed by atoms with van der Waals surface area (Å²) in [4.78, 5) is 0. The molecule has 190 valence electrons. The van der Waals surface area contributed by atoms with Gasteiger partial charge in [0.1, 0.15) is 0 Å². The largest absolute Gasteiger partial charge is 0.0882 e. The molecule has 6 atom stereocenters. The Balaban J connectivity index is 0.000000944. The van der Waals surface area contributed by atoms with Gasteiger partial charge >= 0.3 is 0 Å². The number of hydrogen-bond donors (Lipinski definition) is 0. The highest BCUT2D eigenvalue weighted by Crippen LogP contribution is 2.64. The zero-order chi connectivity index (χ0) is 24.6. The third-order valence-electron chi connectivity index (χ3n) is 9.98. The standard InChI is InChI=1S/C27H48.C3H8.C2H6/c1-8-21(9-2)23-11-10-15-26(6)17-13-22-19-20(3)12-18-27(22,7)24(26)14-16-25(23,4)5;1-3-2;1-2/h8,20,22-24H,9-19H2,1-7H3;3H2,1-2H3;1-2H3/b21-8+;;. The molecule has 0 nitrogen and oxygen atoms in total. The van der Waals surface area contributed by atoms with Crippen molar-refractivity contribution < 1.29 is 0 Å². The molecular weight excluding hydrogens is 384 g/mol. The Morgan fingerprint density at radius 2 is 1.47 bits per heavy atom. The van der Waals surface area contributed by atoms with Gasteiger partial charge in [0.2, 0.25) is 0 Å². The summed E-state index contributed by atoms with van der Waals surface area (Å²) in [5.41, 5.74) is 3.39. The van der Waals surface area contributed by atoms with E-state index >= 15 is 0 Å². The average molecular weight is 447 g/mol. The van der Waals surface area contributed by atoms with E-state index < -0.39 is 0 Å². The maximum atomic E-state index is 2.72. The van der Waals surface area contributed by atoms with Crippen molar-refractivity contribution in [3.63, 3.8) is 0 Å². The second kappa shape index (κ2) is 13.0. The van der Waals surface area contributed by atoms with Crippen LogP contribution in [0, 0.1) is 39.9 Å². The van der Waals surface area contributed by atoms with Gasteiger partial charge in [-0.15, -0.1) is 0 Å². The number of fused-ring (bicyclic) bond motifs is 3. The molecule has 0 heteroatoms. The first kappa shape index (κ1) is 29.8. The number of rotatable bonds is 2. The highest BCUT2D eigenvalue weighted by molar-refractivity contribution is 5.11. The lowest BCUT2D eigenvalue weighted by atomic mass is 9.45. The Labute approximate surface area is 204 Å². The van der Waals surface area contributed by atoms with Crippen LogP contribution in [0.2, 0.25) is 0 Å². The molecule has 0 radical (unpaired) electrons. The first-order chi connectivity index (χ1) is 15.1. The summed E-state index contributed by atoms with van der Waals surface area (Å²) in [6.45, 7) is 26.0. The minimum absolute atomic E-state index is 0.453. The first-order valence-corrected chi connectivity index (χ1v) is 14.7. The lowest BCUT2D eigenvalue weighted by Gasteiger charge is -2.59. The Hall–Kier alpha value is -0.260. The topological polar surface area (TPSA) is 0 Å². The van der Waals surface area contributed by atoms with Crippen molar-refractivity contribution in [3.8, 4) is 0 Å². The molecule has 6 unspecified atom stereocenters. The number of allylic oxidation sites excluding steroid dienone is 2. The molecular formula is C32H62. The van der Waals surface area contributed by atoms with Gasteiger partial charge in [-0.05, 0) is 105 Å². The molecule has 32 heavy (non-hydrogen) atoms. The smallest absolute Gasteiger partial charge is 0.0152 e. The van der Waals surface area contributed by atoms with Crippen molar-refractivity contribution in [2.24, 2.45) is 39.9 Å². The van der Waals surface area contributed by atoms with E-state index in [2.05, 4.69) is 68.4 Å². The highest BCUT2D eigenvalue weighted by Gasteiger charge is 2.54. The third-order valence-corrected chi connectivity index (χ3v) is 9.98. The quantitative estimate of drug-likeness (QED) is 0.370. The summed E-state index contributed by atoms with van der Waals surface area (Å²) in [7, 11) is 0. The van der Waals surface area contributed by atoms with Crippen LogP contribution < -0.4 is 0 Å². The summed E-state index contributed by atoms with van der Waals surface area (Å²) in [5, 5.41) is 0. The van der Waals surface area contributed by atoms with Gasteiger partial charge in [0, 0.05) is 0 Å². The molecule has 0 bridgehead atoms. The van der Waals surface area contributed by atoms with Crippen molar-refractivity contribution in [1.29, 1.82) is 0 Å². The number of hydrogen-bond acceptors (Lipinski definition) is 0. The van der Waals surface area contributed by atoms with Crippen LogP contribution in [0.3, 0.4) is 0 Å². The normalized spacial score (nSPS) is 39.4. The van der Waals surface area contributed by atoms with Crippen LogP contribution in [0.1, 0.15) is 153 Å². The molecule has 0 aromatic heterocycles. The lowest BCUT2D eigenvalue weighted by Crippen LogP contribution is -2.51. The minimum atomic E-state index is 0.453. The van der Waals surface area contributed by atoms with E-state index in [0.29, 0.717) is 16.2 Å². The Morgan fingerprint density at radius 3 is 2.03 bits per heavy atom. The van der Waals surface area contributed by atoms with Crippen LogP contribution in [0.25, 0.3) is 0 Å². The van der Waals surface area contributed by atoms with Crippen LogP contribution in [0.5, 0.6) is 0 Å². The third kappa shape index (κ3) is 6.66. The van der Waals surface area contributed by atoms with Gasteiger partial charge in [-0.3, -0.25) is 0 Å². The van der Waals surface area contributed by atoms with E-state index in [1.54, 1.807) is 5.57 Å². The second-order valence-corrected chi connectivity index (χ2v) is 12.7. The molecule has 3 saturated carbocycles. The van der Waals surface area contributed by atoms with Crippen molar-refractivity contribution >= 4 is 0 Å². The van der Waals surface area contributed by atoms with Gasteiger partial charge in [-0.2, -0.15) is 0 Å². The van der Waals surface area contributed by atoms with E-state index in [0.717, 1.165) is 23.7 Å². The van der Waals surface area contributed by atoms with Crippen molar-refractivity contribution in [3.05, 3.63) is 11.6 Å². The molecule has 3 aliphatic rings. The van der Waals surface area contributed by atoms with Crippen LogP contribution in [0.15, 0.2) is 11.6 Å². The van der Waals surface area contributed by atoms with E-state index in [1.165, 1.54) is 77.0 Å². The van der Waals surface area contributed by atoms with E-state index in [4.69, 9.17) is 0 Å². The predicted octanol–water partition coefficient (Wildman–Crippen LogP) is 11.3. The minimum Gasteiger partial charge on any atom is -0.0882 e. The fraction of sp³-hybridized carbons (Fsp3) is 0.938. The molecule has 3 aliphatic carbocycles. The molecule has 0 saturated heterocycles. The van der Waals surface area contributed by atoms with Gasteiger partial charge in [0.15, 0.2) is 0 Å². The van der Waals surface area contributed by atoms with E-state index in [-0.39, 0.29) is 0 Å². The van der Waals surface area contributed by atoms with Gasteiger partial charge in [0.25, 0.3) is 0 Å². The van der Waals surface area contributed by atoms with Crippen LogP contribution >= 0.6 is 0 Å². The van der Waals surface area contributed by atoms with Crippen LogP contribution in [0.4, 0.5) is 0 Å². The van der Waals surface area contributed by atoms with Crippen molar-refractivity contribution in [2.45, 2.75) is 153 Å². The molecule has 3 fully saturated rings. The van der Waals surface area contributed by atoms with Crippen LogP contribution in [-0.2, 0) is 0 Å². The molecule has 0 aliphatic heterocycles. The zero-order valence-electron chi connectivity index (χ0n) is 24.4. The Bertz CT molecular complexity index is 554. The van der Waals surface area contributed by atoms with Crippen molar-refractivity contribution in [2.75, 3.05) is 0 Å². The van der Waals surface area contributed by atoms with Gasteiger partial charge in [-0.25, -0.2) is 0 Å². The maximum absolute atomic E-state index is 2.72. The predicted molar refractivity (Wildman–Crippen MR) is 147 cm³/mol. The molecule has 0 amide bonds. The highest BCUT2D eigenvalue weighted by atomic mass is 14.6. The SMILES string of the molecule is C/C=C(\CC)C1CCCC2(C)CCC3CC(C)CCC3(C)C2CCC1(C)C.CC.CCC. The summed E-state index contributed by atoms with van der Waals surface area (Å²) in [5.74, 6) is 3.71. The van der Waals surface area contributed by atoms with Gasteiger partial charge < -0.3 is 0 Å². The molecule has 0 heterocycles. The van der Waals surface area contributed by atoms with Crippen LogP contribution in [-0.4, -0.2) is 0 Å².